The van der Waals surface area contributed by atoms with Crippen molar-refractivity contribution in [3.8, 4) is 0 Å². The van der Waals surface area contributed by atoms with E-state index in [1.165, 1.54) is 0 Å². The Morgan fingerprint density at radius 3 is 2.52 bits per heavy atom. The van der Waals surface area contributed by atoms with Crippen molar-refractivity contribution >= 4 is 11.9 Å². The van der Waals surface area contributed by atoms with Crippen molar-refractivity contribution in [2.45, 2.75) is 26.3 Å². The van der Waals surface area contributed by atoms with E-state index in [0.717, 1.165) is 11.1 Å². The van der Waals surface area contributed by atoms with Crippen LogP contribution in [0.5, 0.6) is 0 Å². The second kappa shape index (κ2) is 8.08. The van der Waals surface area contributed by atoms with Crippen molar-refractivity contribution in [3.63, 3.8) is 0 Å². The fourth-order valence-electron chi connectivity index (χ4n) is 2.34. The van der Waals surface area contributed by atoms with Gasteiger partial charge in [0.1, 0.15) is 5.69 Å². The number of carboxylic acid groups (broad SMARTS) is 1. The van der Waals surface area contributed by atoms with Crippen LogP contribution < -0.4 is 0 Å². The minimum atomic E-state index is -0.855. The van der Waals surface area contributed by atoms with Crippen molar-refractivity contribution in [2.75, 3.05) is 6.54 Å². The summed E-state index contributed by atoms with van der Waals surface area (Å²) in [4.78, 5) is 29.3. The van der Waals surface area contributed by atoms with E-state index in [1.807, 2.05) is 43.3 Å². The van der Waals surface area contributed by atoms with Crippen LogP contribution in [0.1, 0.15) is 34.5 Å². The number of carbonyl (C=O) groups excluding carboxylic acids is 1. The van der Waals surface area contributed by atoms with E-state index in [4.69, 9.17) is 5.11 Å². The highest BCUT2D eigenvalue weighted by atomic mass is 16.4. The largest absolute Gasteiger partial charge is 0.481 e. The van der Waals surface area contributed by atoms with Crippen molar-refractivity contribution < 1.29 is 14.7 Å². The monoisotopic (exact) mass is 312 g/mol. The lowest BCUT2D eigenvalue weighted by Crippen LogP contribution is -2.33. The van der Waals surface area contributed by atoms with Gasteiger partial charge in [-0.15, -0.1) is 0 Å². The second-order valence-corrected chi connectivity index (χ2v) is 5.38. The molecule has 1 aromatic heterocycles. The number of pyridine rings is 1. The molecule has 0 unspecified atom stereocenters. The molecule has 0 fully saturated rings. The van der Waals surface area contributed by atoms with E-state index in [0.29, 0.717) is 25.2 Å². The van der Waals surface area contributed by atoms with Gasteiger partial charge in [-0.05, 0) is 30.5 Å². The Balaban J connectivity index is 2.16. The van der Waals surface area contributed by atoms with Gasteiger partial charge in [0.25, 0.3) is 5.91 Å². The van der Waals surface area contributed by atoms with E-state index in [-0.39, 0.29) is 12.3 Å². The highest BCUT2D eigenvalue weighted by Crippen LogP contribution is 2.12. The summed E-state index contributed by atoms with van der Waals surface area (Å²) in [6, 6.07) is 13.3. The van der Waals surface area contributed by atoms with Gasteiger partial charge in [-0.25, -0.2) is 0 Å². The van der Waals surface area contributed by atoms with Gasteiger partial charge in [-0.2, -0.15) is 0 Å². The molecule has 0 aliphatic carbocycles. The number of nitrogens with zero attached hydrogens (tertiary/aromatic N) is 2. The Hall–Kier alpha value is -2.69. The first-order valence-electron chi connectivity index (χ1n) is 7.54. The molecule has 0 aliphatic heterocycles. The zero-order valence-corrected chi connectivity index (χ0v) is 13.1. The van der Waals surface area contributed by atoms with Crippen LogP contribution in [-0.4, -0.2) is 33.4 Å². The molecule has 0 radical (unpaired) electrons. The summed E-state index contributed by atoms with van der Waals surface area (Å²) in [5.41, 5.74) is 2.23. The maximum Gasteiger partial charge on any atom is 0.303 e. The van der Waals surface area contributed by atoms with Gasteiger partial charge >= 0.3 is 5.97 Å². The van der Waals surface area contributed by atoms with E-state index in [1.54, 1.807) is 17.2 Å². The van der Waals surface area contributed by atoms with Gasteiger partial charge in [0.2, 0.25) is 0 Å². The average molecular weight is 312 g/mol. The Morgan fingerprint density at radius 1 is 1.13 bits per heavy atom. The molecular weight excluding hydrogens is 292 g/mol. The van der Waals surface area contributed by atoms with Gasteiger partial charge in [0, 0.05) is 25.7 Å². The Labute approximate surface area is 135 Å². The number of amides is 1. The lowest BCUT2D eigenvalue weighted by molar-refractivity contribution is -0.137. The van der Waals surface area contributed by atoms with Crippen LogP contribution in [0.2, 0.25) is 0 Å². The highest BCUT2D eigenvalue weighted by molar-refractivity contribution is 5.93. The number of aromatic nitrogens is 1. The zero-order valence-electron chi connectivity index (χ0n) is 13.1. The number of hydrogen-bond acceptors (Lipinski definition) is 3. The van der Waals surface area contributed by atoms with Gasteiger partial charge in [-0.1, -0.05) is 36.4 Å². The van der Waals surface area contributed by atoms with E-state index < -0.39 is 5.97 Å². The van der Waals surface area contributed by atoms with Crippen molar-refractivity contribution in [2.24, 2.45) is 0 Å². The molecule has 1 aromatic carbocycles. The third kappa shape index (κ3) is 4.92. The van der Waals surface area contributed by atoms with E-state index in [9.17, 15) is 9.59 Å². The predicted molar refractivity (Wildman–Crippen MR) is 87.0 cm³/mol. The molecule has 2 rings (SSSR count). The minimum Gasteiger partial charge on any atom is -0.481 e. The first-order chi connectivity index (χ1) is 11.1. The molecule has 23 heavy (non-hydrogen) atoms. The van der Waals surface area contributed by atoms with Crippen LogP contribution in [-0.2, 0) is 11.3 Å². The van der Waals surface area contributed by atoms with Gasteiger partial charge < -0.3 is 10.0 Å². The van der Waals surface area contributed by atoms with Gasteiger partial charge in [0.05, 0.1) is 0 Å². The number of rotatable bonds is 7. The first kappa shape index (κ1) is 16.7. The summed E-state index contributed by atoms with van der Waals surface area (Å²) < 4.78 is 0. The van der Waals surface area contributed by atoms with Gasteiger partial charge in [-0.3, -0.25) is 14.6 Å². The molecule has 120 valence electrons. The number of benzene rings is 1. The predicted octanol–water partition coefficient (Wildman–Crippen LogP) is 2.90. The van der Waals surface area contributed by atoms with Crippen LogP contribution in [0, 0.1) is 6.92 Å². The molecule has 0 bridgehead atoms. The van der Waals surface area contributed by atoms with Gasteiger partial charge in [0.15, 0.2) is 0 Å². The quantitative estimate of drug-likeness (QED) is 0.853. The maximum absolute atomic E-state index is 12.8. The van der Waals surface area contributed by atoms with Crippen LogP contribution in [0.15, 0.2) is 48.7 Å². The molecule has 5 heteroatoms. The zero-order chi connectivity index (χ0) is 16.7. The lowest BCUT2D eigenvalue weighted by Gasteiger charge is -2.23. The van der Waals surface area contributed by atoms with Crippen LogP contribution in [0.25, 0.3) is 0 Å². The number of carbonyl (C=O) groups is 2. The normalized spacial score (nSPS) is 10.3. The molecule has 2 aromatic rings. The minimum absolute atomic E-state index is 0.0414. The molecule has 0 atom stereocenters. The van der Waals surface area contributed by atoms with Crippen LogP contribution in [0.3, 0.4) is 0 Å². The maximum atomic E-state index is 12.8. The molecule has 1 amide bonds. The average Bonchev–Trinajstić information content (AvgIpc) is 2.54. The molecular formula is C18H20N2O3. The third-order valence-electron chi connectivity index (χ3n) is 3.53. The fraction of sp³-hybridized carbons (Fsp3) is 0.278. The molecule has 1 heterocycles. The molecule has 0 saturated carbocycles. The summed E-state index contributed by atoms with van der Waals surface area (Å²) in [6.45, 7) is 2.67. The van der Waals surface area contributed by atoms with Crippen LogP contribution in [0.4, 0.5) is 0 Å². The first-order valence-corrected chi connectivity index (χ1v) is 7.54. The van der Waals surface area contributed by atoms with Crippen LogP contribution >= 0.6 is 0 Å². The summed E-state index contributed by atoms with van der Waals surface area (Å²) in [6.07, 6.45) is 2.05. The number of aryl methyl sites for hydroxylation is 1. The number of aliphatic carboxylic acids is 1. The standard InChI is InChI=1S/C18H20N2O3/c1-14-7-5-11-19-17(14)18(23)20(12-6-10-16(21)22)13-15-8-3-2-4-9-15/h2-5,7-9,11H,6,10,12-13H2,1H3,(H,21,22). The SMILES string of the molecule is Cc1cccnc1C(=O)N(CCCC(=O)O)Cc1ccccc1. The number of hydrogen-bond donors (Lipinski definition) is 1. The smallest absolute Gasteiger partial charge is 0.303 e. The summed E-state index contributed by atoms with van der Waals surface area (Å²) in [5, 5.41) is 8.80. The Morgan fingerprint density at radius 2 is 1.87 bits per heavy atom. The molecule has 0 spiro atoms. The highest BCUT2D eigenvalue weighted by Gasteiger charge is 2.19. The summed E-state index contributed by atoms with van der Waals surface area (Å²) in [5.74, 6) is -1.02. The topological polar surface area (TPSA) is 70.5 Å². The summed E-state index contributed by atoms with van der Waals surface area (Å²) in [7, 11) is 0. The van der Waals surface area contributed by atoms with E-state index >= 15 is 0 Å². The Kier molecular flexibility index (Phi) is 5.86. The number of carboxylic acids is 1. The molecule has 0 saturated heterocycles. The van der Waals surface area contributed by atoms with E-state index in [2.05, 4.69) is 4.98 Å². The fourth-order valence-corrected chi connectivity index (χ4v) is 2.34. The summed E-state index contributed by atoms with van der Waals surface area (Å²) >= 11 is 0. The van der Waals surface area contributed by atoms with Crippen molar-refractivity contribution in [3.05, 3.63) is 65.5 Å². The van der Waals surface area contributed by atoms with Crippen molar-refractivity contribution in [1.29, 1.82) is 0 Å². The Bertz CT molecular complexity index is 671. The molecule has 0 aliphatic rings. The lowest BCUT2D eigenvalue weighted by atomic mass is 10.1. The third-order valence-corrected chi connectivity index (χ3v) is 3.53. The second-order valence-electron chi connectivity index (χ2n) is 5.38. The van der Waals surface area contributed by atoms with Crippen molar-refractivity contribution in [1.82, 2.24) is 9.88 Å². The molecule has 5 nitrogen and oxygen atoms in total. The molecule has 1 N–H and O–H groups in total.